The van der Waals surface area contributed by atoms with Crippen LogP contribution in [0, 0.1) is 5.92 Å². The molecule has 40 heavy (non-hydrogen) atoms. The van der Waals surface area contributed by atoms with Crippen LogP contribution in [0.1, 0.15) is 58.5 Å². The second-order valence-electron chi connectivity index (χ2n) is 9.19. The third kappa shape index (κ3) is 8.90. The van der Waals surface area contributed by atoms with Gasteiger partial charge in [0.25, 0.3) is 0 Å². The van der Waals surface area contributed by atoms with Crippen molar-refractivity contribution in [3.63, 3.8) is 0 Å². The average molecular weight is 566 g/mol. The number of rotatable bonds is 10. The van der Waals surface area contributed by atoms with Crippen LogP contribution in [-0.2, 0) is 19.1 Å². The van der Waals surface area contributed by atoms with Gasteiger partial charge in [-0.1, -0.05) is 50.2 Å². The van der Waals surface area contributed by atoms with Crippen molar-refractivity contribution in [1.29, 1.82) is 0 Å². The van der Waals surface area contributed by atoms with Crippen molar-refractivity contribution in [1.82, 2.24) is 5.32 Å². The zero-order valence-corrected chi connectivity index (χ0v) is 21.8. The molecule has 13 heteroatoms. The van der Waals surface area contributed by atoms with E-state index in [-0.39, 0.29) is 36.5 Å². The molecular weight excluding hydrogens is 535 g/mol. The summed E-state index contributed by atoms with van der Waals surface area (Å²) in [6.45, 7) is 4.27. The number of hydrogen-bond donors (Lipinski definition) is 4. The predicted molar refractivity (Wildman–Crippen MR) is 138 cm³/mol. The number of anilines is 1. The first-order valence-corrected chi connectivity index (χ1v) is 12.3. The molecule has 0 aliphatic heterocycles. The van der Waals surface area contributed by atoms with Gasteiger partial charge in [0.15, 0.2) is 11.6 Å². The Morgan fingerprint density at radius 1 is 0.975 bits per heavy atom. The van der Waals surface area contributed by atoms with Gasteiger partial charge in [0.05, 0.1) is 18.2 Å². The van der Waals surface area contributed by atoms with Gasteiger partial charge in [-0.15, -0.1) is 0 Å². The molecule has 0 aromatic heterocycles. The number of carbonyl (C=O) groups is 5. The third-order valence-electron chi connectivity index (χ3n) is 5.56. The van der Waals surface area contributed by atoms with E-state index >= 15 is 0 Å². The molecule has 1 aliphatic carbocycles. The quantitative estimate of drug-likeness (QED) is 0.214. The van der Waals surface area contributed by atoms with Crippen molar-refractivity contribution < 1.29 is 47.0 Å². The Balaban J connectivity index is 0.000000708. The largest absolute Gasteiger partial charge is 0.490 e. The van der Waals surface area contributed by atoms with Crippen molar-refractivity contribution in [3.05, 3.63) is 64.7 Å². The van der Waals surface area contributed by atoms with Crippen LogP contribution in [0.2, 0.25) is 0 Å². The number of amides is 1. The van der Waals surface area contributed by atoms with E-state index in [1.807, 2.05) is 13.8 Å². The maximum absolute atomic E-state index is 13.0. The Bertz CT molecular complexity index is 1260. The van der Waals surface area contributed by atoms with Gasteiger partial charge in [0, 0.05) is 28.9 Å². The molecule has 1 atom stereocenters. The molecule has 0 radical (unpaired) electrons. The lowest BCUT2D eigenvalue weighted by Gasteiger charge is -2.20. The molecule has 0 saturated heterocycles. The Morgan fingerprint density at radius 2 is 1.55 bits per heavy atom. The second-order valence-corrected chi connectivity index (χ2v) is 9.19. The molecule has 1 aliphatic rings. The Labute approximate surface area is 228 Å². The van der Waals surface area contributed by atoms with Crippen molar-refractivity contribution >= 4 is 35.1 Å². The number of hydrogen-bond acceptors (Lipinski definition) is 8. The Morgan fingerprint density at radius 3 is 2.12 bits per heavy atom. The predicted octanol–water partition coefficient (Wildman–Crippen LogP) is 2.93. The van der Waals surface area contributed by atoms with E-state index < -0.39 is 24.2 Å². The molecule has 5 N–H and O–H groups in total. The molecule has 0 heterocycles. The van der Waals surface area contributed by atoms with Crippen LogP contribution in [0.5, 0.6) is 0 Å². The number of esters is 1. The summed E-state index contributed by atoms with van der Waals surface area (Å²) in [7, 11) is 0. The van der Waals surface area contributed by atoms with E-state index in [0.717, 1.165) is 0 Å². The van der Waals surface area contributed by atoms with Crippen LogP contribution in [0.3, 0.4) is 0 Å². The van der Waals surface area contributed by atoms with E-state index in [4.69, 9.17) is 20.4 Å². The maximum Gasteiger partial charge on any atom is 0.490 e. The van der Waals surface area contributed by atoms with E-state index in [9.17, 15) is 32.3 Å². The summed E-state index contributed by atoms with van der Waals surface area (Å²) in [5.41, 5.74) is 7.89. The monoisotopic (exact) mass is 565 g/mol. The second kappa shape index (κ2) is 14.2. The lowest BCUT2D eigenvalue weighted by Crippen LogP contribution is -2.43. The SMILES string of the molecule is CC(C)C[C@H](N)C(=O)NCC(=O)OCCCNc1cccc2c1C(=O)c1ccccc1C2=O.O=C(O)C(F)(F)F. The maximum atomic E-state index is 13.0. The van der Waals surface area contributed by atoms with E-state index in [1.54, 1.807) is 42.5 Å². The topological polar surface area (TPSA) is 165 Å². The van der Waals surface area contributed by atoms with Gasteiger partial charge in [-0.3, -0.25) is 19.2 Å². The van der Waals surface area contributed by atoms with Gasteiger partial charge in [-0.2, -0.15) is 13.2 Å². The molecule has 0 bridgehead atoms. The van der Waals surface area contributed by atoms with Gasteiger partial charge < -0.3 is 26.2 Å². The van der Waals surface area contributed by atoms with Crippen molar-refractivity contribution in [2.24, 2.45) is 11.7 Å². The summed E-state index contributed by atoms with van der Waals surface area (Å²) in [6.07, 6.45) is -4.07. The summed E-state index contributed by atoms with van der Waals surface area (Å²) in [6, 6.07) is 11.3. The first-order valence-electron chi connectivity index (χ1n) is 12.3. The third-order valence-corrected chi connectivity index (χ3v) is 5.56. The molecule has 3 rings (SSSR count). The summed E-state index contributed by atoms with van der Waals surface area (Å²) in [5, 5.41) is 12.8. The molecule has 0 fully saturated rings. The molecule has 1 amide bonds. The number of nitrogens with two attached hydrogens (primary N) is 1. The van der Waals surface area contributed by atoms with Gasteiger partial charge in [-0.05, 0) is 24.8 Å². The number of carboxylic acids is 1. The highest BCUT2D eigenvalue weighted by atomic mass is 19.4. The summed E-state index contributed by atoms with van der Waals surface area (Å²) in [4.78, 5) is 58.4. The fraction of sp³-hybridized carbons (Fsp3) is 0.370. The minimum Gasteiger partial charge on any atom is -0.475 e. The lowest BCUT2D eigenvalue weighted by molar-refractivity contribution is -0.192. The van der Waals surface area contributed by atoms with Crippen molar-refractivity contribution in [3.8, 4) is 0 Å². The first kappa shape index (κ1) is 32.0. The van der Waals surface area contributed by atoms with Crippen LogP contribution < -0.4 is 16.4 Å². The number of ketones is 2. The number of ether oxygens (including phenoxy) is 1. The van der Waals surface area contributed by atoms with Crippen LogP contribution in [0.4, 0.5) is 18.9 Å². The number of carbonyl (C=O) groups excluding carboxylic acids is 4. The fourth-order valence-electron chi connectivity index (χ4n) is 3.73. The molecule has 0 unspecified atom stereocenters. The normalized spacial score (nSPS) is 12.9. The minimum absolute atomic E-state index is 0.143. The molecule has 2 aromatic rings. The van der Waals surface area contributed by atoms with Gasteiger partial charge in [0.1, 0.15) is 6.54 Å². The first-order chi connectivity index (χ1) is 18.7. The van der Waals surface area contributed by atoms with E-state index in [2.05, 4.69) is 10.6 Å². The Kier molecular flexibility index (Phi) is 11.4. The number of aliphatic carboxylic acids is 1. The van der Waals surface area contributed by atoms with Gasteiger partial charge >= 0.3 is 18.1 Å². The zero-order chi connectivity index (χ0) is 30.0. The fourth-order valence-corrected chi connectivity index (χ4v) is 3.73. The molecular formula is C27H30F3N3O7. The van der Waals surface area contributed by atoms with Crippen molar-refractivity contribution in [2.45, 2.75) is 38.9 Å². The molecule has 0 saturated carbocycles. The molecule has 10 nitrogen and oxygen atoms in total. The number of halogens is 3. The summed E-state index contributed by atoms with van der Waals surface area (Å²) >= 11 is 0. The average Bonchev–Trinajstić information content (AvgIpc) is 2.89. The number of fused-ring (bicyclic) bond motifs is 2. The molecule has 0 spiro atoms. The number of benzene rings is 2. The van der Waals surface area contributed by atoms with Crippen LogP contribution in [0.15, 0.2) is 42.5 Å². The van der Waals surface area contributed by atoms with Gasteiger partial charge in [-0.25, -0.2) is 4.79 Å². The summed E-state index contributed by atoms with van der Waals surface area (Å²) < 4.78 is 36.9. The van der Waals surface area contributed by atoms with Crippen LogP contribution >= 0.6 is 0 Å². The number of alkyl halides is 3. The summed E-state index contributed by atoms with van der Waals surface area (Å²) in [5.74, 6) is -3.77. The minimum atomic E-state index is -5.08. The van der Waals surface area contributed by atoms with E-state index in [1.165, 1.54) is 0 Å². The highest BCUT2D eigenvalue weighted by molar-refractivity contribution is 6.30. The highest BCUT2D eigenvalue weighted by Gasteiger charge is 2.38. The smallest absolute Gasteiger partial charge is 0.475 e. The number of nitrogens with one attached hydrogen (secondary N) is 2. The van der Waals surface area contributed by atoms with Crippen LogP contribution in [-0.4, -0.2) is 66.4 Å². The number of carboxylic acid groups (broad SMARTS) is 1. The zero-order valence-electron chi connectivity index (χ0n) is 21.8. The molecule has 2 aromatic carbocycles. The van der Waals surface area contributed by atoms with Crippen LogP contribution in [0.25, 0.3) is 0 Å². The lowest BCUT2D eigenvalue weighted by atomic mass is 9.83. The standard InChI is InChI=1S/C25H29N3O5.C2HF3O2/c1-15(2)13-19(26)25(32)28-14-21(29)33-12-6-11-27-20-10-5-9-18-22(20)24(31)17-8-4-3-7-16(17)23(18)30;3-2(4,5)1(6)7/h3-5,7-10,15,19,27H,6,11-14,26H2,1-2H3,(H,28,32);(H,6,7)/t19-;/m0./s1. The Hall–Kier alpha value is -4.26. The van der Waals surface area contributed by atoms with Gasteiger partial charge in [0.2, 0.25) is 5.91 Å². The highest BCUT2D eigenvalue weighted by Crippen LogP contribution is 2.31. The molecule has 216 valence electrons. The van der Waals surface area contributed by atoms with Crippen molar-refractivity contribution in [2.75, 3.05) is 25.0 Å². The van der Waals surface area contributed by atoms with E-state index in [0.29, 0.717) is 47.3 Å².